The Hall–Kier alpha value is -6.92. The maximum Gasteiger partial charge on any atom is 0.336 e. The van der Waals surface area contributed by atoms with E-state index >= 15 is 0 Å². The lowest BCUT2D eigenvalue weighted by molar-refractivity contribution is -0.120. The molecule has 5 aliphatic rings. The number of fused-ring (bicyclic) bond motifs is 5. The van der Waals surface area contributed by atoms with E-state index in [1.807, 2.05) is 25.1 Å². The molecule has 13 heteroatoms. The summed E-state index contributed by atoms with van der Waals surface area (Å²) < 4.78 is 16.8. The van der Waals surface area contributed by atoms with Crippen LogP contribution in [0.4, 0.5) is 5.69 Å². The third-order valence-electron chi connectivity index (χ3n) is 14.9. The Morgan fingerprint density at radius 2 is 1.51 bits per heavy atom. The van der Waals surface area contributed by atoms with Gasteiger partial charge in [0.2, 0.25) is 11.3 Å². The van der Waals surface area contributed by atoms with Crippen LogP contribution in [0.3, 0.4) is 0 Å². The number of carbonyl (C=O) groups excluding carboxylic acids is 3. The van der Waals surface area contributed by atoms with Gasteiger partial charge in [-0.25, -0.2) is 9.37 Å². The number of hydrogen-bond acceptors (Lipinski definition) is 7. The number of nitrogens with zero attached hydrogens (tertiary/aromatic N) is 3. The SMILES string of the molecule is COc1ccc2c(c1)c(CC(=O)NCCCCNC(=O)c1ccc(C3=c4cc5c6c(c4Oc4c3cc3c7c4CCCN7CCC3)CCC[N+]=6CCC5)c(C(=O)O)c1)c(C)n2C(=O)c1ccc(Cl)cc1. The second-order valence-corrected chi connectivity index (χ2v) is 19.4. The lowest BCUT2D eigenvalue weighted by atomic mass is 9.81. The molecule has 2 amide bonds. The number of carbonyl (C=O) groups is 4. The van der Waals surface area contributed by atoms with Crippen molar-refractivity contribution < 1.29 is 33.8 Å². The third-order valence-corrected chi connectivity index (χ3v) is 15.1. The van der Waals surface area contributed by atoms with Crippen LogP contribution in [0.1, 0.15) is 114 Å². The Morgan fingerprint density at radius 3 is 2.29 bits per heavy atom. The van der Waals surface area contributed by atoms with E-state index in [0.29, 0.717) is 59.0 Å². The van der Waals surface area contributed by atoms with Gasteiger partial charge in [0.15, 0.2) is 0 Å². The number of aromatic nitrogens is 1. The van der Waals surface area contributed by atoms with Crippen LogP contribution < -0.4 is 40.2 Å². The standard InChI is InChI=1S/C56H54ClN5O7/c1-32-42(43-30-38(68-2)18-20-47(43)62(32)55(65)33-13-16-37(57)17-14-33)31-48(63)58-21-3-4-22-59-54(64)36-15-19-39(44(29-36)56(66)67)49-45-27-34-9-5-23-60-25-7-11-40(50(34)60)52(45)69-53-41-12-8-26-61-24-6-10-35(51(41)61)28-46(49)53/h13-20,27-30H,3-12,21-26,31H2,1-2H3,(H2-,58,59,63,64,66,67)/p+1. The van der Waals surface area contributed by atoms with Crippen LogP contribution in [-0.2, 0) is 36.9 Å². The predicted molar refractivity (Wildman–Crippen MR) is 266 cm³/mol. The van der Waals surface area contributed by atoms with Gasteiger partial charge in [-0.2, -0.15) is 0 Å². The van der Waals surface area contributed by atoms with E-state index in [4.69, 9.17) is 21.1 Å². The molecule has 6 aromatic rings. The van der Waals surface area contributed by atoms with E-state index in [1.54, 1.807) is 48.1 Å². The number of ether oxygens (including phenoxy) is 2. The van der Waals surface area contributed by atoms with E-state index in [9.17, 15) is 24.3 Å². The molecule has 12 nitrogen and oxygen atoms in total. The van der Waals surface area contributed by atoms with Crippen molar-refractivity contribution in [2.45, 2.75) is 77.6 Å². The number of anilines is 1. The Kier molecular flexibility index (Phi) is 11.8. The van der Waals surface area contributed by atoms with Crippen molar-refractivity contribution in [1.82, 2.24) is 19.8 Å². The molecule has 0 aliphatic carbocycles. The summed E-state index contributed by atoms with van der Waals surface area (Å²) in [5.74, 6) is 0.441. The zero-order chi connectivity index (χ0) is 47.5. The average Bonchev–Trinajstić information content (AvgIpc) is 3.63. The number of carboxylic acids is 1. The van der Waals surface area contributed by atoms with E-state index < -0.39 is 5.97 Å². The summed E-state index contributed by atoms with van der Waals surface area (Å²) in [4.78, 5) is 56.7. The zero-order valence-corrected chi connectivity index (χ0v) is 39.8. The normalized spacial score (nSPS) is 15.4. The van der Waals surface area contributed by atoms with Crippen LogP contribution in [0.5, 0.6) is 17.2 Å². The van der Waals surface area contributed by atoms with Gasteiger partial charge < -0.3 is 30.1 Å². The smallest absolute Gasteiger partial charge is 0.336 e. The number of carboxylic acid groups (broad SMARTS) is 1. The molecule has 5 aliphatic heterocycles. The molecule has 0 saturated carbocycles. The average molecular weight is 946 g/mol. The minimum absolute atomic E-state index is 0.0578. The van der Waals surface area contributed by atoms with Gasteiger partial charge >= 0.3 is 5.97 Å². The van der Waals surface area contributed by atoms with Crippen molar-refractivity contribution in [3.8, 4) is 17.2 Å². The largest absolute Gasteiger partial charge is 0.497 e. The Balaban J connectivity index is 0.812. The quantitative estimate of drug-likeness (QED) is 0.0857. The molecule has 5 aromatic carbocycles. The molecule has 3 N–H and O–H groups in total. The fourth-order valence-electron chi connectivity index (χ4n) is 11.7. The summed E-state index contributed by atoms with van der Waals surface area (Å²) in [5, 5.41) is 20.4. The maximum atomic E-state index is 13.7. The van der Waals surface area contributed by atoms with Gasteiger partial charge in [0.25, 0.3) is 11.8 Å². The number of aryl methyl sites for hydroxylation is 2. The monoisotopic (exact) mass is 944 g/mol. The second-order valence-electron chi connectivity index (χ2n) is 19.0. The fourth-order valence-corrected chi connectivity index (χ4v) is 11.8. The minimum atomic E-state index is -1.10. The first-order valence-electron chi connectivity index (χ1n) is 24.4. The van der Waals surface area contributed by atoms with Crippen LogP contribution in [-0.4, -0.2) is 79.7 Å². The van der Waals surface area contributed by atoms with Crippen LogP contribution in [0.2, 0.25) is 5.02 Å². The van der Waals surface area contributed by atoms with Crippen molar-refractivity contribution >= 4 is 57.5 Å². The van der Waals surface area contributed by atoms with Gasteiger partial charge in [-0.1, -0.05) is 17.7 Å². The first kappa shape index (κ1) is 44.6. The van der Waals surface area contributed by atoms with Crippen molar-refractivity contribution in [3.63, 3.8) is 0 Å². The van der Waals surface area contributed by atoms with Crippen LogP contribution in [0.25, 0.3) is 16.5 Å². The molecule has 0 bridgehead atoms. The van der Waals surface area contributed by atoms with Crippen molar-refractivity contribution in [2.75, 3.05) is 51.3 Å². The maximum absolute atomic E-state index is 13.7. The number of benzene rings is 5. The van der Waals surface area contributed by atoms with Crippen LogP contribution in [0.15, 0.2) is 72.8 Å². The molecule has 69 heavy (non-hydrogen) atoms. The van der Waals surface area contributed by atoms with E-state index in [0.717, 1.165) is 116 Å². The number of unbranched alkanes of at least 4 members (excludes halogenated alkanes) is 1. The van der Waals surface area contributed by atoms with Gasteiger partial charge in [0.1, 0.15) is 30.3 Å². The van der Waals surface area contributed by atoms with Crippen LogP contribution in [0, 0.1) is 6.92 Å². The van der Waals surface area contributed by atoms with Gasteiger partial charge in [0, 0.05) is 99.4 Å². The molecule has 0 fully saturated rings. The number of aromatic carboxylic acids is 1. The van der Waals surface area contributed by atoms with Gasteiger partial charge in [0.05, 0.1) is 30.2 Å². The first-order valence-corrected chi connectivity index (χ1v) is 24.8. The van der Waals surface area contributed by atoms with Gasteiger partial charge in [-0.05, 0) is 142 Å². The Labute approximate surface area is 405 Å². The number of nitrogens with one attached hydrogen (secondary N) is 2. The minimum Gasteiger partial charge on any atom is -0.497 e. The molecule has 0 radical (unpaired) electrons. The summed E-state index contributed by atoms with van der Waals surface area (Å²) in [6.07, 6.45) is 9.21. The summed E-state index contributed by atoms with van der Waals surface area (Å²) in [6.45, 7) is 6.69. The fraction of sp³-hybridized carbons (Fsp3) is 0.339. The van der Waals surface area contributed by atoms with E-state index in [2.05, 4.69) is 32.2 Å². The molecule has 6 heterocycles. The Bertz CT molecular complexity index is 3290. The molecule has 352 valence electrons. The lowest BCUT2D eigenvalue weighted by Crippen LogP contribution is -2.45. The number of hydrogen-bond donors (Lipinski definition) is 3. The third kappa shape index (κ3) is 7.92. The highest BCUT2D eigenvalue weighted by Crippen LogP contribution is 2.49. The molecule has 0 saturated heterocycles. The molecule has 0 unspecified atom stereocenters. The molecule has 11 rings (SSSR count). The second kappa shape index (κ2) is 18.2. The van der Waals surface area contributed by atoms with E-state index in [-0.39, 0.29) is 35.3 Å². The number of rotatable bonds is 12. The topological polar surface area (TPSA) is 142 Å². The van der Waals surface area contributed by atoms with Gasteiger partial charge in [-0.3, -0.25) is 19.0 Å². The summed E-state index contributed by atoms with van der Waals surface area (Å²) >= 11 is 6.09. The van der Waals surface area contributed by atoms with Gasteiger partial charge in [-0.15, -0.1) is 0 Å². The van der Waals surface area contributed by atoms with E-state index in [1.165, 1.54) is 39.4 Å². The lowest BCUT2D eigenvalue weighted by Gasteiger charge is -2.39. The number of amides is 2. The number of halogens is 1. The Morgan fingerprint density at radius 1 is 0.783 bits per heavy atom. The summed E-state index contributed by atoms with van der Waals surface area (Å²) in [6, 6.07) is 21.8. The molecule has 0 spiro atoms. The highest BCUT2D eigenvalue weighted by Gasteiger charge is 2.37. The zero-order valence-electron chi connectivity index (χ0n) is 39.1. The van der Waals surface area contributed by atoms with Crippen molar-refractivity contribution in [3.05, 3.63) is 150 Å². The molecular formula is C56H55ClN5O7+. The molecule has 1 aromatic heterocycles. The first-order chi connectivity index (χ1) is 33.6. The highest BCUT2D eigenvalue weighted by atomic mass is 35.5. The highest BCUT2D eigenvalue weighted by molar-refractivity contribution is 6.30. The number of methoxy groups -OCH3 is 1. The molecule has 0 atom stereocenters. The van der Waals surface area contributed by atoms with Crippen molar-refractivity contribution in [2.24, 2.45) is 0 Å². The summed E-state index contributed by atoms with van der Waals surface area (Å²) in [7, 11) is 1.58. The molecular weight excluding hydrogens is 890 g/mol. The van der Waals surface area contributed by atoms with Crippen LogP contribution >= 0.6 is 11.6 Å². The predicted octanol–water partition coefficient (Wildman–Crippen LogP) is 7.30. The summed E-state index contributed by atoms with van der Waals surface area (Å²) in [5.41, 5.74) is 11.6. The van der Waals surface area contributed by atoms with Crippen molar-refractivity contribution in [1.29, 1.82) is 0 Å².